The molecule has 6 rings (SSSR count). The van der Waals surface area contributed by atoms with Crippen molar-refractivity contribution in [2.24, 2.45) is 0 Å². The molecule has 2 aromatic carbocycles. The molecular weight excluding hydrogens is 457 g/mol. The van der Waals surface area contributed by atoms with E-state index in [2.05, 4.69) is 22.0 Å². The molecular formula is C28H24FN5O2. The highest BCUT2D eigenvalue weighted by Gasteiger charge is 2.37. The Bertz CT molecular complexity index is 1410. The minimum atomic E-state index is -0.270. The van der Waals surface area contributed by atoms with Gasteiger partial charge in [0, 0.05) is 80.4 Å². The molecule has 7 nitrogen and oxygen atoms in total. The largest absolute Gasteiger partial charge is 0.335 e. The van der Waals surface area contributed by atoms with E-state index in [9.17, 15) is 14.0 Å². The number of rotatable bonds is 4. The number of amides is 2. The van der Waals surface area contributed by atoms with Gasteiger partial charge in [-0.2, -0.15) is 0 Å². The summed E-state index contributed by atoms with van der Waals surface area (Å²) in [5.41, 5.74) is 2.80. The van der Waals surface area contributed by atoms with Crippen LogP contribution < -0.4 is 0 Å². The van der Waals surface area contributed by atoms with Crippen LogP contribution >= 0.6 is 0 Å². The first-order valence-corrected chi connectivity index (χ1v) is 12.0. The van der Waals surface area contributed by atoms with Crippen LogP contribution in [0.3, 0.4) is 0 Å². The maximum atomic E-state index is 13.3. The Labute approximate surface area is 208 Å². The van der Waals surface area contributed by atoms with Crippen LogP contribution in [-0.4, -0.2) is 81.4 Å². The van der Waals surface area contributed by atoms with Crippen molar-refractivity contribution in [3.63, 3.8) is 0 Å². The van der Waals surface area contributed by atoms with Crippen molar-refractivity contribution in [2.45, 2.75) is 6.04 Å². The fraction of sp³-hybridized carbons (Fsp3) is 0.250. The zero-order valence-corrected chi connectivity index (χ0v) is 19.6. The molecule has 2 aromatic heterocycles. The molecule has 0 unspecified atom stereocenters. The van der Waals surface area contributed by atoms with Crippen molar-refractivity contribution in [1.29, 1.82) is 0 Å². The molecule has 0 bridgehead atoms. The van der Waals surface area contributed by atoms with Gasteiger partial charge in [-0.3, -0.25) is 14.5 Å². The molecule has 0 radical (unpaired) electrons. The van der Waals surface area contributed by atoms with Crippen LogP contribution in [0.1, 0.15) is 20.8 Å². The van der Waals surface area contributed by atoms with E-state index in [1.165, 1.54) is 12.1 Å². The number of fused-ring (bicyclic) bond motifs is 1. The quantitative estimate of drug-likeness (QED) is 0.450. The van der Waals surface area contributed by atoms with Gasteiger partial charge in [-0.1, -0.05) is 6.07 Å². The summed E-state index contributed by atoms with van der Waals surface area (Å²) in [7, 11) is 0. The summed E-state index contributed by atoms with van der Waals surface area (Å²) in [6, 6.07) is 21.5. The van der Waals surface area contributed by atoms with E-state index in [0.29, 0.717) is 43.5 Å². The zero-order valence-electron chi connectivity index (χ0n) is 19.6. The topological polar surface area (TPSA) is 61.7 Å². The van der Waals surface area contributed by atoms with Gasteiger partial charge in [0.25, 0.3) is 11.8 Å². The van der Waals surface area contributed by atoms with Crippen LogP contribution in [0.2, 0.25) is 0 Å². The van der Waals surface area contributed by atoms with Crippen molar-refractivity contribution in [2.75, 3.05) is 39.3 Å². The molecule has 2 saturated heterocycles. The molecule has 180 valence electrons. The zero-order chi connectivity index (χ0) is 24.6. The van der Waals surface area contributed by atoms with E-state index in [1.54, 1.807) is 29.3 Å². The Kier molecular flexibility index (Phi) is 5.62. The average molecular weight is 482 g/mol. The Morgan fingerprint density at radius 3 is 2.42 bits per heavy atom. The third-order valence-corrected chi connectivity index (χ3v) is 7.06. The molecule has 0 N–H and O–H groups in total. The molecule has 4 aromatic rings. The molecule has 36 heavy (non-hydrogen) atoms. The Morgan fingerprint density at radius 2 is 1.69 bits per heavy atom. The van der Waals surface area contributed by atoms with Crippen LogP contribution in [0.25, 0.3) is 16.6 Å². The molecule has 0 atom stereocenters. The highest BCUT2D eigenvalue weighted by atomic mass is 19.1. The number of hydrogen-bond acceptors (Lipinski definition) is 4. The summed E-state index contributed by atoms with van der Waals surface area (Å²) < 4.78 is 15.3. The number of aromatic nitrogens is 2. The SMILES string of the molecule is O=C(c1ccc2c(ccn2-c2ccc(F)cc2)c1)N1CC(N2CCN(C(=O)c3c#cccn3)CC2)C1. The van der Waals surface area contributed by atoms with Crippen LogP contribution in [0.5, 0.6) is 0 Å². The number of benzene rings is 2. The fourth-order valence-electron chi connectivity index (χ4n) is 4.98. The van der Waals surface area contributed by atoms with Gasteiger partial charge in [0.1, 0.15) is 5.82 Å². The van der Waals surface area contributed by atoms with E-state index < -0.39 is 0 Å². The van der Waals surface area contributed by atoms with Crippen molar-refractivity contribution < 1.29 is 14.0 Å². The van der Waals surface area contributed by atoms with Crippen LogP contribution in [-0.2, 0) is 0 Å². The van der Waals surface area contributed by atoms with Gasteiger partial charge in [0.15, 0.2) is 5.69 Å². The minimum Gasteiger partial charge on any atom is -0.335 e. The molecule has 2 aliphatic rings. The molecule has 2 fully saturated rings. The van der Waals surface area contributed by atoms with Crippen LogP contribution in [0.4, 0.5) is 4.39 Å². The minimum absolute atomic E-state index is 0.0263. The smallest absolute Gasteiger partial charge is 0.281 e. The fourth-order valence-corrected chi connectivity index (χ4v) is 4.98. The van der Waals surface area contributed by atoms with Gasteiger partial charge < -0.3 is 14.4 Å². The second-order valence-electron chi connectivity index (χ2n) is 9.19. The lowest BCUT2D eigenvalue weighted by molar-refractivity contribution is 0.00843. The summed E-state index contributed by atoms with van der Waals surface area (Å²) >= 11 is 0. The maximum absolute atomic E-state index is 13.3. The third-order valence-electron chi connectivity index (χ3n) is 7.06. The average Bonchev–Trinajstić information content (AvgIpc) is 3.32. The monoisotopic (exact) mass is 481 g/mol. The summed E-state index contributed by atoms with van der Waals surface area (Å²) in [6.07, 6.45) is 3.49. The highest BCUT2D eigenvalue weighted by molar-refractivity contribution is 5.99. The van der Waals surface area contributed by atoms with Gasteiger partial charge in [-0.25, -0.2) is 9.37 Å². The lowest BCUT2D eigenvalue weighted by Crippen LogP contribution is -2.64. The second kappa shape index (κ2) is 9.10. The van der Waals surface area contributed by atoms with E-state index in [1.807, 2.05) is 39.9 Å². The molecule has 2 amide bonds. The summed E-state index contributed by atoms with van der Waals surface area (Å²) in [5.74, 6) is -0.354. The number of halogens is 1. The van der Waals surface area contributed by atoms with E-state index in [0.717, 1.165) is 29.7 Å². The third kappa shape index (κ3) is 4.08. The predicted molar refractivity (Wildman–Crippen MR) is 132 cm³/mol. The molecule has 0 aliphatic carbocycles. The summed E-state index contributed by atoms with van der Waals surface area (Å²) in [6.45, 7) is 4.19. The number of hydrogen-bond donors (Lipinski definition) is 0. The predicted octanol–water partition coefficient (Wildman–Crippen LogP) is 3.05. The van der Waals surface area contributed by atoms with Gasteiger partial charge in [-0.15, -0.1) is 0 Å². The number of likely N-dealkylation sites (tertiary alicyclic amines) is 1. The van der Waals surface area contributed by atoms with E-state index in [-0.39, 0.29) is 17.6 Å². The van der Waals surface area contributed by atoms with Crippen LogP contribution in [0.15, 0.2) is 67.0 Å². The molecule has 4 heterocycles. The van der Waals surface area contributed by atoms with E-state index in [4.69, 9.17) is 0 Å². The lowest BCUT2D eigenvalue weighted by Gasteiger charge is -2.48. The van der Waals surface area contributed by atoms with Gasteiger partial charge >= 0.3 is 0 Å². The molecule has 0 saturated carbocycles. The lowest BCUT2D eigenvalue weighted by atomic mass is 10.0. The van der Waals surface area contributed by atoms with Gasteiger partial charge in [0.05, 0.1) is 5.52 Å². The highest BCUT2D eigenvalue weighted by Crippen LogP contribution is 2.25. The first-order valence-electron chi connectivity index (χ1n) is 12.0. The summed E-state index contributed by atoms with van der Waals surface area (Å²) in [4.78, 5) is 35.8. The van der Waals surface area contributed by atoms with Gasteiger partial charge in [-0.05, 0) is 54.6 Å². The standard InChI is InChI=1S/C28H24FN5O2/c29-22-5-7-23(8-6-22)34-12-10-20-17-21(4-9-26(20)34)27(35)33-18-24(19-33)31-13-15-32(16-14-31)28(36)25-3-1-2-11-30-25/h2,4-12,17,24H,13-16,18-19H2. The number of nitrogens with zero attached hydrogens (tertiary/aromatic N) is 5. The first-order chi connectivity index (χ1) is 17.6. The maximum Gasteiger partial charge on any atom is 0.281 e. The Hall–Kier alpha value is -4.22. The number of carbonyl (C=O) groups is 2. The van der Waals surface area contributed by atoms with Crippen molar-refractivity contribution >= 4 is 22.7 Å². The first kappa shape index (κ1) is 22.3. The van der Waals surface area contributed by atoms with Crippen molar-refractivity contribution in [1.82, 2.24) is 24.3 Å². The molecule has 8 heteroatoms. The molecule has 0 spiro atoms. The Morgan fingerprint density at radius 1 is 0.917 bits per heavy atom. The molecule has 2 aliphatic heterocycles. The Balaban J connectivity index is 1.05. The second-order valence-corrected chi connectivity index (χ2v) is 9.19. The summed E-state index contributed by atoms with van der Waals surface area (Å²) in [5, 5.41) is 0.964. The van der Waals surface area contributed by atoms with Crippen LogP contribution in [0, 0.1) is 17.9 Å². The number of piperazine rings is 1. The number of carbonyl (C=O) groups excluding carboxylic acids is 2. The van der Waals surface area contributed by atoms with Crippen molar-refractivity contribution in [3.05, 3.63) is 96.2 Å². The van der Waals surface area contributed by atoms with Crippen molar-refractivity contribution in [3.8, 4) is 5.69 Å². The van der Waals surface area contributed by atoms with Gasteiger partial charge in [0.2, 0.25) is 0 Å². The van der Waals surface area contributed by atoms with E-state index >= 15 is 0 Å². The normalized spacial score (nSPS) is 16.6.